The van der Waals surface area contributed by atoms with Crippen LogP contribution in [0, 0.1) is 0 Å². The minimum Gasteiger partial charge on any atom is -0.419 e. The Morgan fingerprint density at radius 3 is 0.945 bits per heavy atom. The van der Waals surface area contributed by atoms with Gasteiger partial charge in [0.2, 0.25) is 0 Å². The number of hydrogen-bond donors (Lipinski definition) is 0. The highest BCUT2D eigenvalue weighted by Gasteiger charge is 2.43. The molecule has 0 unspecified atom stereocenters. The van der Waals surface area contributed by atoms with Gasteiger partial charge in [0.25, 0.3) is 0 Å². The monoisotopic (exact) mass is 728 g/mol. The zero-order chi connectivity index (χ0) is 37.8. The summed E-state index contributed by atoms with van der Waals surface area (Å²) in [4.78, 5) is 53.7. The van der Waals surface area contributed by atoms with E-state index >= 15 is 0 Å². The number of esters is 4. The summed E-state index contributed by atoms with van der Waals surface area (Å²) in [6.07, 6.45) is 4.58. The van der Waals surface area contributed by atoms with Crippen LogP contribution >= 0.6 is 0 Å². The van der Waals surface area contributed by atoms with Crippen molar-refractivity contribution < 1.29 is 38.1 Å². The van der Waals surface area contributed by atoms with E-state index in [0.717, 1.165) is 47.9 Å². The molecule has 0 heterocycles. The van der Waals surface area contributed by atoms with Crippen molar-refractivity contribution in [3.63, 3.8) is 0 Å². The van der Waals surface area contributed by atoms with E-state index < -0.39 is 29.3 Å². The van der Waals surface area contributed by atoms with Crippen molar-refractivity contribution in [1.29, 1.82) is 0 Å². The zero-order valence-electron chi connectivity index (χ0n) is 29.9. The molecule has 0 amide bonds. The number of carbonyl (C=O) groups excluding carboxylic acids is 4. The van der Waals surface area contributed by atoms with Gasteiger partial charge in [0, 0.05) is 5.41 Å². The van der Waals surface area contributed by atoms with E-state index in [1.807, 2.05) is 48.5 Å². The number of rotatable bonds is 8. The minimum atomic E-state index is -0.591. The normalized spacial score (nSPS) is 13.8. The second-order valence-electron chi connectivity index (χ2n) is 13.7. The molecule has 0 aliphatic heterocycles. The number of aryl methyl sites for hydroxylation is 2. The average Bonchev–Trinajstić information content (AvgIpc) is 3.23. The van der Waals surface area contributed by atoms with E-state index in [-0.39, 0.29) is 23.0 Å². The summed E-state index contributed by atoms with van der Waals surface area (Å²) in [7, 11) is 0. The van der Waals surface area contributed by atoms with E-state index in [1.54, 1.807) is 97.1 Å². The van der Waals surface area contributed by atoms with Gasteiger partial charge in [-0.25, -0.2) is 19.2 Å². The third-order valence-corrected chi connectivity index (χ3v) is 10.3. The van der Waals surface area contributed by atoms with Crippen LogP contribution in [0.3, 0.4) is 0 Å². The molecule has 0 N–H and O–H groups in total. The Morgan fingerprint density at radius 1 is 0.382 bits per heavy atom. The summed E-state index contributed by atoms with van der Waals surface area (Å²) >= 11 is 0. The molecule has 0 aromatic heterocycles. The Hall–Kier alpha value is -6.80. The van der Waals surface area contributed by atoms with Crippen molar-refractivity contribution in [3.8, 4) is 23.0 Å². The van der Waals surface area contributed by atoms with Gasteiger partial charge in [0.15, 0.2) is 23.0 Å². The van der Waals surface area contributed by atoms with Crippen LogP contribution in [-0.4, -0.2) is 23.9 Å². The molecule has 0 saturated carbocycles. The molecule has 6 aromatic rings. The Bertz CT molecular complexity index is 2220. The third kappa shape index (κ3) is 7.27. The third-order valence-electron chi connectivity index (χ3n) is 10.3. The van der Waals surface area contributed by atoms with Crippen LogP contribution in [0.15, 0.2) is 146 Å². The van der Waals surface area contributed by atoms with Gasteiger partial charge in [0.05, 0.1) is 22.3 Å². The molecule has 8 nitrogen and oxygen atoms in total. The van der Waals surface area contributed by atoms with Crippen molar-refractivity contribution in [2.75, 3.05) is 0 Å². The molecular weight excluding hydrogens is 693 g/mol. The summed E-state index contributed by atoms with van der Waals surface area (Å²) in [6.45, 7) is 0. The van der Waals surface area contributed by atoms with Gasteiger partial charge in [-0.2, -0.15) is 0 Å². The highest BCUT2D eigenvalue weighted by Crippen LogP contribution is 2.54. The number of ether oxygens (including phenoxy) is 4. The maximum absolute atomic E-state index is 13.5. The van der Waals surface area contributed by atoms with Crippen LogP contribution < -0.4 is 18.9 Å². The fraction of sp³-hybridized carbons (Fsp3) is 0.149. The quantitative estimate of drug-likeness (QED) is 0.113. The fourth-order valence-corrected chi connectivity index (χ4v) is 7.73. The van der Waals surface area contributed by atoms with Gasteiger partial charge in [0.1, 0.15) is 0 Å². The van der Waals surface area contributed by atoms with Crippen molar-refractivity contribution >= 4 is 23.9 Å². The zero-order valence-corrected chi connectivity index (χ0v) is 29.9. The highest BCUT2D eigenvalue weighted by molar-refractivity contribution is 5.94. The number of hydrogen-bond acceptors (Lipinski definition) is 8. The lowest BCUT2D eigenvalue weighted by Crippen LogP contribution is -2.36. The number of carbonyl (C=O) groups is 4. The van der Waals surface area contributed by atoms with Crippen LogP contribution in [0.1, 0.15) is 89.4 Å². The Morgan fingerprint density at radius 2 is 0.655 bits per heavy atom. The van der Waals surface area contributed by atoms with Crippen molar-refractivity contribution in [2.24, 2.45) is 0 Å². The van der Waals surface area contributed by atoms with Gasteiger partial charge in [-0.1, -0.05) is 72.8 Å². The minimum absolute atomic E-state index is 0.120. The van der Waals surface area contributed by atoms with Crippen LogP contribution in [-0.2, 0) is 18.3 Å². The summed E-state index contributed by atoms with van der Waals surface area (Å²) in [5.41, 5.74) is 4.62. The molecule has 55 heavy (non-hydrogen) atoms. The molecule has 0 atom stereocenters. The van der Waals surface area contributed by atoms with Crippen LogP contribution in [0.5, 0.6) is 23.0 Å². The van der Waals surface area contributed by atoms with Crippen molar-refractivity contribution in [1.82, 2.24) is 0 Å². The molecule has 2 aliphatic carbocycles. The maximum atomic E-state index is 13.5. The first kappa shape index (κ1) is 35.2. The molecular formula is C47H36O8. The van der Waals surface area contributed by atoms with Gasteiger partial charge in [-0.05, 0) is 134 Å². The molecule has 272 valence electrons. The topological polar surface area (TPSA) is 105 Å². The standard InChI is InChI=1S/C47H36O8/c48-43(31-15-5-1-6-16-31)52-39-27-35-23-13-25-47(37(35)29-41(39)54-45(50)33-19-9-3-10-20-33)26-14-24-36-28-40(53-44(49)32-17-7-2-8-18-32)42(30-38(36)47)55-46(51)34-21-11-4-12-22-34/h1-12,15-22,27-30H,13-14,23-26H2. The lowest BCUT2D eigenvalue weighted by Gasteiger charge is -2.44. The van der Waals surface area contributed by atoms with Crippen molar-refractivity contribution in [3.05, 3.63) is 190 Å². The first-order chi connectivity index (χ1) is 26.9. The van der Waals surface area contributed by atoms with Gasteiger partial charge >= 0.3 is 23.9 Å². The van der Waals surface area contributed by atoms with Gasteiger partial charge in [-0.15, -0.1) is 0 Å². The SMILES string of the molecule is O=C(Oc1cc2c(cc1OC(=O)c1ccccc1)C1(CCC2)CCCc2cc(OC(=O)c3ccccc3)c(OC(=O)c3ccccc3)cc21)c1ccccc1. The maximum Gasteiger partial charge on any atom is 0.343 e. The molecule has 6 aromatic carbocycles. The van der Waals surface area contributed by atoms with E-state index in [0.29, 0.717) is 35.1 Å². The van der Waals surface area contributed by atoms with E-state index in [4.69, 9.17) is 18.9 Å². The van der Waals surface area contributed by atoms with Crippen LogP contribution in [0.4, 0.5) is 0 Å². The molecule has 0 radical (unpaired) electrons. The fourth-order valence-electron chi connectivity index (χ4n) is 7.73. The van der Waals surface area contributed by atoms with Crippen LogP contribution in [0.25, 0.3) is 0 Å². The molecule has 8 rings (SSSR count). The summed E-state index contributed by atoms with van der Waals surface area (Å²) in [6, 6.07) is 41.9. The van der Waals surface area contributed by atoms with Crippen LogP contribution in [0.2, 0.25) is 0 Å². The predicted octanol–water partition coefficient (Wildman–Crippen LogP) is 9.52. The molecule has 8 heteroatoms. The van der Waals surface area contributed by atoms with Gasteiger partial charge < -0.3 is 18.9 Å². The van der Waals surface area contributed by atoms with E-state index in [1.165, 1.54) is 0 Å². The average molecular weight is 729 g/mol. The highest BCUT2D eigenvalue weighted by atomic mass is 16.6. The Labute approximate surface area is 318 Å². The summed E-state index contributed by atoms with van der Waals surface area (Å²) in [5, 5.41) is 0. The lowest BCUT2D eigenvalue weighted by atomic mass is 9.60. The lowest BCUT2D eigenvalue weighted by molar-refractivity contribution is 0.0681. The predicted molar refractivity (Wildman–Crippen MR) is 205 cm³/mol. The second-order valence-corrected chi connectivity index (χ2v) is 13.7. The van der Waals surface area contributed by atoms with E-state index in [2.05, 4.69) is 0 Å². The first-order valence-electron chi connectivity index (χ1n) is 18.3. The molecule has 0 saturated heterocycles. The molecule has 0 fully saturated rings. The largest absolute Gasteiger partial charge is 0.419 e. The molecule has 0 bridgehead atoms. The summed E-state index contributed by atoms with van der Waals surface area (Å²) < 4.78 is 24.0. The Balaban J connectivity index is 1.24. The summed E-state index contributed by atoms with van der Waals surface area (Å²) in [5.74, 6) is -1.81. The van der Waals surface area contributed by atoms with Crippen molar-refractivity contribution in [2.45, 2.75) is 43.9 Å². The molecule has 2 aliphatic rings. The van der Waals surface area contributed by atoms with Gasteiger partial charge in [-0.3, -0.25) is 0 Å². The second kappa shape index (κ2) is 15.3. The smallest absolute Gasteiger partial charge is 0.343 e. The number of benzene rings is 6. The molecule has 1 spiro atoms. The number of fused-ring (bicyclic) bond motifs is 4. The Kier molecular flexibility index (Phi) is 9.79. The first-order valence-corrected chi connectivity index (χ1v) is 18.3. The van der Waals surface area contributed by atoms with E-state index in [9.17, 15) is 19.2 Å².